The van der Waals surface area contributed by atoms with E-state index in [1.165, 1.54) is 18.3 Å². The minimum Gasteiger partial charge on any atom is -0.326 e. The van der Waals surface area contributed by atoms with Gasteiger partial charge in [-0.3, -0.25) is 9.59 Å². The SMILES string of the molecule is CC(=O)Nc1ccc(-c2csc(NC(=O)[C@H]3C[C@H]3C)n2)cc1. The first-order chi connectivity index (χ1) is 10.5. The fourth-order valence-corrected chi connectivity index (χ4v) is 3.00. The van der Waals surface area contributed by atoms with Crippen molar-refractivity contribution in [3.05, 3.63) is 29.6 Å². The number of nitrogens with one attached hydrogen (secondary N) is 2. The van der Waals surface area contributed by atoms with Crippen molar-refractivity contribution in [1.82, 2.24) is 4.98 Å². The summed E-state index contributed by atoms with van der Waals surface area (Å²) >= 11 is 1.42. The highest BCUT2D eigenvalue weighted by Gasteiger charge is 2.39. The Kier molecular flexibility index (Phi) is 3.94. The quantitative estimate of drug-likeness (QED) is 0.908. The Hall–Kier alpha value is -2.21. The van der Waals surface area contributed by atoms with Gasteiger partial charge in [0.2, 0.25) is 11.8 Å². The second-order valence-electron chi connectivity index (χ2n) is 5.61. The highest BCUT2D eigenvalue weighted by molar-refractivity contribution is 7.14. The lowest BCUT2D eigenvalue weighted by Crippen LogP contribution is -2.14. The lowest BCUT2D eigenvalue weighted by atomic mass is 10.1. The van der Waals surface area contributed by atoms with Crippen molar-refractivity contribution < 1.29 is 9.59 Å². The van der Waals surface area contributed by atoms with Crippen LogP contribution in [0.3, 0.4) is 0 Å². The maximum absolute atomic E-state index is 11.9. The molecule has 2 amide bonds. The van der Waals surface area contributed by atoms with Crippen LogP contribution in [-0.4, -0.2) is 16.8 Å². The molecule has 1 fully saturated rings. The van der Waals surface area contributed by atoms with E-state index in [4.69, 9.17) is 0 Å². The van der Waals surface area contributed by atoms with Crippen molar-refractivity contribution in [3.8, 4) is 11.3 Å². The number of anilines is 2. The zero-order valence-corrected chi connectivity index (χ0v) is 13.2. The third-order valence-corrected chi connectivity index (χ3v) is 4.44. The van der Waals surface area contributed by atoms with Gasteiger partial charge < -0.3 is 10.6 Å². The summed E-state index contributed by atoms with van der Waals surface area (Å²) in [5, 5.41) is 8.14. The lowest BCUT2D eigenvalue weighted by molar-refractivity contribution is -0.117. The summed E-state index contributed by atoms with van der Waals surface area (Å²) in [6, 6.07) is 7.46. The van der Waals surface area contributed by atoms with Crippen molar-refractivity contribution in [2.45, 2.75) is 20.3 Å². The fraction of sp³-hybridized carbons (Fsp3) is 0.312. The second kappa shape index (κ2) is 5.88. The van der Waals surface area contributed by atoms with Gasteiger partial charge in [0.05, 0.1) is 5.69 Å². The van der Waals surface area contributed by atoms with Gasteiger partial charge in [-0.05, 0) is 24.5 Å². The van der Waals surface area contributed by atoms with Gasteiger partial charge in [0.1, 0.15) is 0 Å². The van der Waals surface area contributed by atoms with Crippen LogP contribution < -0.4 is 10.6 Å². The van der Waals surface area contributed by atoms with Crippen molar-refractivity contribution in [2.24, 2.45) is 11.8 Å². The summed E-state index contributed by atoms with van der Waals surface area (Å²) < 4.78 is 0. The molecule has 0 spiro atoms. The molecule has 1 saturated carbocycles. The fourth-order valence-electron chi connectivity index (χ4n) is 2.28. The molecule has 1 aromatic carbocycles. The Balaban J connectivity index is 1.67. The number of rotatable bonds is 4. The van der Waals surface area contributed by atoms with Gasteiger partial charge in [0.25, 0.3) is 0 Å². The minimum absolute atomic E-state index is 0.0643. The van der Waals surface area contributed by atoms with Gasteiger partial charge in [0.15, 0.2) is 5.13 Å². The van der Waals surface area contributed by atoms with Crippen molar-refractivity contribution in [1.29, 1.82) is 0 Å². The molecule has 22 heavy (non-hydrogen) atoms. The molecular formula is C16H17N3O2S. The van der Waals surface area contributed by atoms with Gasteiger partial charge in [-0.2, -0.15) is 0 Å². The molecule has 1 heterocycles. The summed E-state index contributed by atoms with van der Waals surface area (Å²) in [5.74, 6) is 0.597. The van der Waals surface area contributed by atoms with E-state index in [2.05, 4.69) is 22.5 Å². The molecule has 0 saturated heterocycles. The van der Waals surface area contributed by atoms with Crippen LogP contribution in [-0.2, 0) is 9.59 Å². The first-order valence-electron chi connectivity index (χ1n) is 7.17. The molecule has 114 valence electrons. The number of carbonyl (C=O) groups is 2. The molecule has 6 heteroatoms. The average Bonchev–Trinajstić information content (AvgIpc) is 3.03. The Morgan fingerprint density at radius 2 is 1.91 bits per heavy atom. The maximum atomic E-state index is 11.9. The van der Waals surface area contributed by atoms with Gasteiger partial charge in [-0.15, -0.1) is 11.3 Å². The van der Waals surface area contributed by atoms with E-state index in [0.29, 0.717) is 11.0 Å². The third-order valence-electron chi connectivity index (χ3n) is 3.68. The van der Waals surface area contributed by atoms with Gasteiger partial charge in [-0.25, -0.2) is 4.98 Å². The van der Waals surface area contributed by atoms with Crippen LogP contribution in [0.5, 0.6) is 0 Å². The lowest BCUT2D eigenvalue weighted by Gasteiger charge is -2.03. The molecule has 0 bridgehead atoms. The first kappa shape index (κ1) is 14.7. The maximum Gasteiger partial charge on any atom is 0.229 e. The predicted octanol–water partition coefficient (Wildman–Crippen LogP) is 3.36. The highest BCUT2D eigenvalue weighted by Crippen LogP contribution is 2.38. The molecule has 0 aliphatic heterocycles. The van der Waals surface area contributed by atoms with E-state index in [1.807, 2.05) is 29.6 Å². The topological polar surface area (TPSA) is 71.1 Å². The largest absolute Gasteiger partial charge is 0.326 e. The smallest absolute Gasteiger partial charge is 0.229 e. The van der Waals surface area contributed by atoms with E-state index < -0.39 is 0 Å². The summed E-state index contributed by atoms with van der Waals surface area (Å²) in [7, 11) is 0. The molecule has 1 aromatic heterocycles. The zero-order valence-electron chi connectivity index (χ0n) is 12.4. The van der Waals surface area contributed by atoms with E-state index in [9.17, 15) is 9.59 Å². The third kappa shape index (κ3) is 3.33. The molecule has 2 atom stereocenters. The van der Waals surface area contributed by atoms with Gasteiger partial charge in [-0.1, -0.05) is 19.1 Å². The monoisotopic (exact) mass is 315 g/mol. The van der Waals surface area contributed by atoms with Crippen LogP contribution in [0, 0.1) is 11.8 Å². The van der Waals surface area contributed by atoms with Crippen LogP contribution in [0.25, 0.3) is 11.3 Å². The number of hydrogen-bond acceptors (Lipinski definition) is 4. The molecule has 2 N–H and O–H groups in total. The Labute approximate surface area is 132 Å². The number of carbonyl (C=O) groups excluding carboxylic acids is 2. The van der Waals surface area contributed by atoms with Crippen molar-refractivity contribution >= 4 is 34.0 Å². The number of nitrogens with zero attached hydrogens (tertiary/aromatic N) is 1. The molecule has 1 aliphatic rings. The minimum atomic E-state index is -0.0966. The molecule has 1 aliphatic carbocycles. The van der Waals surface area contributed by atoms with Crippen LogP contribution in [0.15, 0.2) is 29.6 Å². The molecule has 3 rings (SSSR count). The van der Waals surface area contributed by atoms with E-state index in [1.54, 1.807) is 0 Å². The summed E-state index contributed by atoms with van der Waals surface area (Å²) in [6.45, 7) is 3.55. The van der Waals surface area contributed by atoms with Gasteiger partial charge >= 0.3 is 0 Å². The molecule has 0 unspecified atom stereocenters. The second-order valence-corrected chi connectivity index (χ2v) is 6.46. The molecule has 5 nitrogen and oxygen atoms in total. The Bertz CT molecular complexity index is 708. The summed E-state index contributed by atoms with van der Waals surface area (Å²) in [4.78, 5) is 27.3. The van der Waals surface area contributed by atoms with Crippen molar-refractivity contribution in [2.75, 3.05) is 10.6 Å². The standard InChI is InChI=1S/C16H17N3O2S/c1-9-7-13(9)15(21)19-16-18-14(8-22-16)11-3-5-12(6-4-11)17-10(2)20/h3-6,8-9,13H,7H2,1-2H3,(H,17,20)(H,18,19,21)/t9-,13+/m1/s1. The van der Waals surface area contributed by atoms with E-state index in [0.717, 1.165) is 23.4 Å². The summed E-state index contributed by atoms with van der Waals surface area (Å²) in [6.07, 6.45) is 0.967. The zero-order chi connectivity index (χ0) is 15.7. The van der Waals surface area contributed by atoms with E-state index >= 15 is 0 Å². The number of aromatic nitrogens is 1. The summed E-state index contributed by atoms with van der Waals surface area (Å²) in [5.41, 5.74) is 2.52. The van der Waals surface area contributed by atoms with Crippen LogP contribution in [0.4, 0.5) is 10.8 Å². The van der Waals surface area contributed by atoms with Crippen LogP contribution in [0.2, 0.25) is 0 Å². The number of amides is 2. The first-order valence-corrected chi connectivity index (χ1v) is 8.05. The number of hydrogen-bond donors (Lipinski definition) is 2. The Morgan fingerprint density at radius 3 is 2.50 bits per heavy atom. The predicted molar refractivity (Wildman–Crippen MR) is 87.8 cm³/mol. The van der Waals surface area contributed by atoms with E-state index in [-0.39, 0.29) is 17.7 Å². The Morgan fingerprint density at radius 1 is 1.23 bits per heavy atom. The molecule has 0 radical (unpaired) electrons. The normalized spacial score (nSPS) is 19.5. The van der Waals surface area contributed by atoms with Crippen LogP contribution >= 0.6 is 11.3 Å². The van der Waals surface area contributed by atoms with Crippen molar-refractivity contribution in [3.63, 3.8) is 0 Å². The van der Waals surface area contributed by atoms with Crippen LogP contribution in [0.1, 0.15) is 20.3 Å². The molecule has 2 aromatic rings. The average molecular weight is 315 g/mol. The van der Waals surface area contributed by atoms with Gasteiger partial charge in [0, 0.05) is 29.5 Å². The highest BCUT2D eigenvalue weighted by atomic mass is 32.1. The number of thiazole rings is 1. The number of benzene rings is 1. The molecular weight excluding hydrogens is 298 g/mol.